The zero-order valence-corrected chi connectivity index (χ0v) is 8.51. The molecule has 1 aromatic heterocycles. The Labute approximate surface area is 90.8 Å². The van der Waals surface area contributed by atoms with Crippen molar-refractivity contribution in [2.75, 3.05) is 7.11 Å². The number of carbonyl (C=O) groups is 2. The Balaban J connectivity index is 2.71. The van der Waals surface area contributed by atoms with Gasteiger partial charge in [0.2, 0.25) is 0 Å². The lowest BCUT2D eigenvalue weighted by molar-refractivity contribution is -0.131. The van der Waals surface area contributed by atoms with Gasteiger partial charge in [0.1, 0.15) is 7.11 Å². The number of benzene rings is 1. The maximum Gasteiger partial charge on any atom is 0.377 e. The van der Waals surface area contributed by atoms with Crippen molar-refractivity contribution in [1.29, 1.82) is 0 Å². The van der Waals surface area contributed by atoms with E-state index >= 15 is 0 Å². The van der Waals surface area contributed by atoms with Gasteiger partial charge in [0.25, 0.3) is 5.78 Å². The molecule has 0 aliphatic rings. The molecule has 0 aliphatic heterocycles. The van der Waals surface area contributed by atoms with Crippen LogP contribution in [0.5, 0.6) is 0 Å². The summed E-state index contributed by atoms with van der Waals surface area (Å²) in [6.07, 6.45) is 1.38. The van der Waals surface area contributed by atoms with E-state index in [1.165, 1.54) is 18.0 Å². The summed E-state index contributed by atoms with van der Waals surface area (Å²) >= 11 is 0. The third kappa shape index (κ3) is 1.42. The fraction of sp³-hybridized carbons (Fsp3) is 0.0909. The van der Waals surface area contributed by atoms with E-state index < -0.39 is 11.8 Å². The second kappa shape index (κ2) is 3.69. The van der Waals surface area contributed by atoms with Gasteiger partial charge in [-0.1, -0.05) is 18.2 Å². The molecule has 5 heteroatoms. The van der Waals surface area contributed by atoms with Crippen LogP contribution >= 0.6 is 0 Å². The topological polar surface area (TPSA) is 68.5 Å². The highest BCUT2D eigenvalue weighted by atomic mass is 16.6. The van der Waals surface area contributed by atoms with Crippen LogP contribution in [0.3, 0.4) is 0 Å². The van der Waals surface area contributed by atoms with Crippen molar-refractivity contribution in [3.05, 3.63) is 36.0 Å². The van der Waals surface area contributed by atoms with E-state index in [1.54, 1.807) is 24.3 Å². The monoisotopic (exact) mass is 219 g/mol. The van der Waals surface area contributed by atoms with Crippen molar-refractivity contribution < 1.29 is 19.5 Å². The van der Waals surface area contributed by atoms with E-state index in [0.29, 0.717) is 10.9 Å². The quantitative estimate of drug-likeness (QED) is 0.616. The minimum atomic E-state index is -1.47. The highest BCUT2D eigenvalue weighted by Crippen LogP contribution is 2.20. The van der Waals surface area contributed by atoms with Crippen LogP contribution in [0.25, 0.3) is 10.9 Å². The number of aromatic nitrogens is 1. The Kier molecular flexibility index (Phi) is 2.36. The van der Waals surface area contributed by atoms with Crippen molar-refractivity contribution >= 4 is 22.7 Å². The molecule has 1 heterocycles. The van der Waals surface area contributed by atoms with Crippen molar-refractivity contribution in [3.63, 3.8) is 0 Å². The summed E-state index contributed by atoms with van der Waals surface area (Å²) < 4.78 is 1.37. The van der Waals surface area contributed by atoms with Crippen LogP contribution in [0.15, 0.2) is 30.5 Å². The second-order valence-electron chi connectivity index (χ2n) is 3.20. The summed E-state index contributed by atoms with van der Waals surface area (Å²) in [5.74, 6) is -2.41. The van der Waals surface area contributed by atoms with Crippen LogP contribution in [-0.4, -0.2) is 28.7 Å². The fourth-order valence-corrected chi connectivity index (χ4v) is 1.60. The Hall–Kier alpha value is -2.30. The predicted molar refractivity (Wildman–Crippen MR) is 56.4 cm³/mol. The maximum atomic E-state index is 11.4. The van der Waals surface area contributed by atoms with Crippen LogP contribution < -0.4 is 4.84 Å². The molecule has 0 aliphatic carbocycles. The SMILES string of the molecule is COn1cc(C(=O)C(=O)O)c2ccccc21. The predicted octanol–water partition coefficient (Wildman–Crippen LogP) is 0.967. The van der Waals surface area contributed by atoms with Gasteiger partial charge in [-0.15, -0.1) is 0 Å². The molecule has 0 atom stereocenters. The second-order valence-corrected chi connectivity index (χ2v) is 3.20. The van der Waals surface area contributed by atoms with E-state index in [4.69, 9.17) is 9.94 Å². The molecule has 0 unspecified atom stereocenters. The highest BCUT2D eigenvalue weighted by molar-refractivity contribution is 6.42. The van der Waals surface area contributed by atoms with Crippen molar-refractivity contribution in [1.82, 2.24) is 4.73 Å². The van der Waals surface area contributed by atoms with E-state index in [9.17, 15) is 9.59 Å². The molecule has 1 aromatic carbocycles. The molecule has 0 radical (unpaired) electrons. The molecule has 0 bridgehead atoms. The van der Waals surface area contributed by atoms with Crippen molar-refractivity contribution in [2.24, 2.45) is 0 Å². The summed E-state index contributed by atoms with van der Waals surface area (Å²) in [6, 6.07) is 6.95. The Morgan fingerprint density at radius 2 is 2.00 bits per heavy atom. The Morgan fingerprint density at radius 1 is 1.31 bits per heavy atom. The molecule has 0 spiro atoms. The largest absolute Gasteiger partial charge is 0.475 e. The average Bonchev–Trinajstić information content (AvgIpc) is 2.66. The average molecular weight is 219 g/mol. The summed E-state index contributed by atoms with van der Waals surface area (Å²) in [5.41, 5.74) is 0.791. The van der Waals surface area contributed by atoms with E-state index in [-0.39, 0.29) is 5.56 Å². The molecular weight excluding hydrogens is 210 g/mol. The zero-order chi connectivity index (χ0) is 11.7. The number of nitrogens with zero attached hydrogens (tertiary/aromatic N) is 1. The number of fused-ring (bicyclic) bond motifs is 1. The van der Waals surface area contributed by atoms with Crippen LogP contribution in [0, 0.1) is 0 Å². The summed E-state index contributed by atoms with van der Waals surface area (Å²) in [5, 5.41) is 9.24. The molecule has 16 heavy (non-hydrogen) atoms. The normalized spacial score (nSPS) is 10.3. The van der Waals surface area contributed by atoms with Gasteiger partial charge in [-0.25, -0.2) is 4.79 Å². The number of carbonyl (C=O) groups excluding carboxylic acids is 1. The van der Waals surface area contributed by atoms with E-state index in [1.807, 2.05) is 0 Å². The van der Waals surface area contributed by atoms with Crippen LogP contribution in [0.1, 0.15) is 10.4 Å². The molecule has 0 saturated heterocycles. The Bertz CT molecular complexity index is 570. The fourth-order valence-electron chi connectivity index (χ4n) is 1.60. The lowest BCUT2D eigenvalue weighted by Gasteiger charge is -1.99. The van der Waals surface area contributed by atoms with Gasteiger partial charge < -0.3 is 9.94 Å². The number of Topliss-reactive ketones (excluding diaryl/α,β-unsaturated/α-hetero) is 1. The summed E-state index contributed by atoms with van der Waals surface area (Å²) in [4.78, 5) is 27.1. The minimum Gasteiger partial charge on any atom is -0.475 e. The molecule has 0 fully saturated rings. The van der Waals surface area contributed by atoms with Crippen LogP contribution in [-0.2, 0) is 4.79 Å². The standard InChI is InChI=1S/C11H9NO4/c1-16-12-6-8(10(13)11(14)15)7-4-2-3-5-9(7)12/h2-6H,1H3,(H,14,15). The molecule has 5 nitrogen and oxygen atoms in total. The van der Waals surface area contributed by atoms with Crippen LogP contribution in [0.4, 0.5) is 0 Å². The number of hydrogen-bond acceptors (Lipinski definition) is 3. The first-order chi connectivity index (χ1) is 7.65. The lowest BCUT2D eigenvalue weighted by atomic mass is 10.1. The number of carboxylic acid groups (broad SMARTS) is 1. The van der Waals surface area contributed by atoms with Gasteiger partial charge in [-0.2, -0.15) is 4.73 Å². The first-order valence-corrected chi connectivity index (χ1v) is 4.57. The number of carboxylic acids is 1. The van der Waals surface area contributed by atoms with Crippen molar-refractivity contribution in [3.8, 4) is 0 Å². The molecule has 82 valence electrons. The molecule has 1 N–H and O–H groups in total. The van der Waals surface area contributed by atoms with Gasteiger partial charge in [-0.3, -0.25) is 4.79 Å². The molecule has 0 amide bonds. The smallest absolute Gasteiger partial charge is 0.377 e. The summed E-state index contributed by atoms with van der Waals surface area (Å²) in [6.45, 7) is 0. The zero-order valence-electron chi connectivity index (χ0n) is 8.51. The van der Waals surface area contributed by atoms with Gasteiger partial charge in [0, 0.05) is 5.39 Å². The van der Waals surface area contributed by atoms with Gasteiger partial charge in [0.05, 0.1) is 17.3 Å². The number of hydrogen-bond donors (Lipinski definition) is 1. The third-order valence-electron chi connectivity index (χ3n) is 2.31. The highest BCUT2D eigenvalue weighted by Gasteiger charge is 2.20. The van der Waals surface area contributed by atoms with E-state index in [2.05, 4.69) is 0 Å². The Morgan fingerprint density at radius 3 is 2.62 bits per heavy atom. The molecule has 0 saturated carbocycles. The molecule has 2 aromatic rings. The number of ketones is 1. The number of aliphatic carboxylic acids is 1. The molecular formula is C11H9NO4. The van der Waals surface area contributed by atoms with Crippen LogP contribution in [0.2, 0.25) is 0 Å². The lowest BCUT2D eigenvalue weighted by Crippen LogP contribution is -2.12. The van der Waals surface area contributed by atoms with Gasteiger partial charge in [0.15, 0.2) is 0 Å². The first-order valence-electron chi connectivity index (χ1n) is 4.57. The maximum absolute atomic E-state index is 11.4. The van der Waals surface area contributed by atoms with Crippen molar-refractivity contribution in [2.45, 2.75) is 0 Å². The first kappa shape index (κ1) is 10.2. The third-order valence-corrected chi connectivity index (χ3v) is 2.31. The number of para-hydroxylation sites is 1. The van der Waals surface area contributed by atoms with Gasteiger partial charge >= 0.3 is 5.97 Å². The van der Waals surface area contributed by atoms with Gasteiger partial charge in [-0.05, 0) is 6.07 Å². The summed E-state index contributed by atoms with van der Waals surface area (Å²) in [7, 11) is 1.45. The van der Waals surface area contributed by atoms with E-state index in [0.717, 1.165) is 0 Å². The molecule has 2 rings (SSSR count). The minimum absolute atomic E-state index is 0.130. The number of rotatable bonds is 3.